The smallest absolute Gasteiger partial charge is 0.281 e. The van der Waals surface area contributed by atoms with Crippen molar-refractivity contribution in [1.29, 1.82) is 0 Å². The third kappa shape index (κ3) is 2.30. The maximum Gasteiger partial charge on any atom is 0.281 e. The van der Waals surface area contributed by atoms with Crippen molar-refractivity contribution in [3.8, 4) is 0 Å². The van der Waals surface area contributed by atoms with Crippen molar-refractivity contribution in [3.05, 3.63) is 74.1 Å². The molecule has 0 aliphatic carbocycles. The summed E-state index contributed by atoms with van der Waals surface area (Å²) in [5.74, 6) is -0.145. The van der Waals surface area contributed by atoms with Crippen molar-refractivity contribution in [2.45, 2.75) is 0 Å². The van der Waals surface area contributed by atoms with Crippen LogP contribution in [0.3, 0.4) is 0 Å². The second-order valence-electron chi connectivity index (χ2n) is 5.66. The Morgan fingerprint density at radius 1 is 1.15 bits per heavy atom. The van der Waals surface area contributed by atoms with E-state index < -0.39 is 0 Å². The molecule has 3 aromatic heterocycles. The summed E-state index contributed by atoms with van der Waals surface area (Å²) in [6, 6.07) is 14.2. The van der Waals surface area contributed by atoms with E-state index in [0.29, 0.717) is 21.4 Å². The summed E-state index contributed by atoms with van der Waals surface area (Å²) in [6.07, 6.45) is 0. The second kappa shape index (κ2) is 5.58. The summed E-state index contributed by atoms with van der Waals surface area (Å²) in [5.41, 5.74) is 0.902. The van der Waals surface area contributed by atoms with Crippen LogP contribution in [0, 0.1) is 0 Å². The van der Waals surface area contributed by atoms with Gasteiger partial charge in [0.05, 0.1) is 10.9 Å². The van der Waals surface area contributed by atoms with Gasteiger partial charge in [0.15, 0.2) is 10.8 Å². The largest absolute Gasteiger partial charge is 0.452 e. The molecular weight excluding hydrogens is 418 g/mol. The van der Waals surface area contributed by atoms with Gasteiger partial charge in [0.1, 0.15) is 5.58 Å². The first-order valence-electron chi connectivity index (χ1n) is 7.62. The maximum atomic E-state index is 12.8. The fourth-order valence-corrected chi connectivity index (χ4v) is 4.04. The number of fused-ring (bicyclic) bond motifs is 4. The van der Waals surface area contributed by atoms with Crippen LogP contribution in [0.2, 0.25) is 0 Å². The number of hydrogen-bond donors (Lipinski definition) is 0. The third-order valence-corrected chi connectivity index (χ3v) is 5.42. The van der Waals surface area contributed by atoms with E-state index in [-0.39, 0.29) is 22.1 Å². The molecule has 0 bridgehead atoms. The van der Waals surface area contributed by atoms with Crippen LogP contribution < -0.4 is 5.56 Å². The molecule has 126 valence electrons. The molecule has 0 radical (unpaired) electrons. The summed E-state index contributed by atoms with van der Waals surface area (Å²) in [4.78, 5) is 29.4. The van der Waals surface area contributed by atoms with E-state index >= 15 is 0 Å². The SMILES string of the molecule is O=C(c1cc2cc(Br)ccc2o1)c1nn2c(nc(=O)c3ccccc32)s1. The first-order valence-corrected chi connectivity index (χ1v) is 9.23. The zero-order valence-corrected chi connectivity index (χ0v) is 15.4. The summed E-state index contributed by atoms with van der Waals surface area (Å²) >= 11 is 4.46. The van der Waals surface area contributed by atoms with Crippen LogP contribution in [0.15, 0.2) is 62.2 Å². The van der Waals surface area contributed by atoms with Crippen LogP contribution in [-0.4, -0.2) is 20.4 Å². The van der Waals surface area contributed by atoms with E-state index in [2.05, 4.69) is 26.0 Å². The van der Waals surface area contributed by atoms with Crippen LogP contribution in [0.5, 0.6) is 0 Å². The van der Waals surface area contributed by atoms with Gasteiger partial charge in [-0.2, -0.15) is 10.1 Å². The molecule has 5 rings (SSSR count). The minimum absolute atomic E-state index is 0.199. The van der Waals surface area contributed by atoms with Crippen molar-refractivity contribution in [1.82, 2.24) is 14.6 Å². The lowest BCUT2D eigenvalue weighted by Crippen LogP contribution is -2.09. The van der Waals surface area contributed by atoms with Crippen LogP contribution in [0.4, 0.5) is 0 Å². The highest BCUT2D eigenvalue weighted by atomic mass is 79.9. The molecule has 0 saturated carbocycles. The number of carbonyl (C=O) groups excluding carboxylic acids is 1. The molecule has 0 N–H and O–H groups in total. The molecule has 8 heteroatoms. The average Bonchev–Trinajstić information content (AvgIpc) is 3.25. The summed E-state index contributed by atoms with van der Waals surface area (Å²) in [7, 11) is 0. The van der Waals surface area contributed by atoms with Crippen molar-refractivity contribution in [3.63, 3.8) is 0 Å². The number of furan rings is 1. The quantitative estimate of drug-likeness (QED) is 0.398. The lowest BCUT2D eigenvalue weighted by atomic mass is 10.2. The number of hydrogen-bond acceptors (Lipinski definition) is 6. The van der Waals surface area contributed by atoms with Crippen molar-refractivity contribution in [2.24, 2.45) is 0 Å². The Morgan fingerprint density at radius 2 is 2.00 bits per heavy atom. The van der Waals surface area contributed by atoms with Crippen LogP contribution in [-0.2, 0) is 0 Å². The zero-order valence-electron chi connectivity index (χ0n) is 13.0. The Bertz CT molecular complexity index is 1400. The summed E-state index contributed by atoms with van der Waals surface area (Å²) in [5, 5.41) is 5.86. The molecule has 0 unspecified atom stereocenters. The minimum atomic E-state index is -0.343. The van der Waals surface area contributed by atoms with Crippen molar-refractivity contribution in [2.75, 3.05) is 0 Å². The standard InChI is InChI=1S/C18H8BrN3O3S/c19-10-5-6-13-9(7-10)8-14(25-13)15(23)17-21-22-12-4-2-1-3-11(12)16(24)20-18(22)26-17/h1-8H. The van der Waals surface area contributed by atoms with Gasteiger partial charge in [0.25, 0.3) is 11.3 Å². The van der Waals surface area contributed by atoms with Gasteiger partial charge in [0.2, 0.25) is 4.96 Å². The number of benzene rings is 2. The molecule has 0 saturated heterocycles. The molecule has 3 heterocycles. The van der Waals surface area contributed by atoms with Gasteiger partial charge >= 0.3 is 0 Å². The lowest BCUT2D eigenvalue weighted by molar-refractivity contribution is 0.101. The average molecular weight is 426 g/mol. The third-order valence-electron chi connectivity index (χ3n) is 4.02. The normalized spacial score (nSPS) is 11.6. The topological polar surface area (TPSA) is 77.5 Å². The summed E-state index contributed by atoms with van der Waals surface area (Å²) in [6.45, 7) is 0. The van der Waals surface area contributed by atoms with E-state index in [0.717, 1.165) is 21.2 Å². The molecule has 5 aromatic rings. The Balaban J connectivity index is 1.69. The molecule has 2 aromatic carbocycles. The Hall–Kier alpha value is -2.84. The van der Waals surface area contributed by atoms with Crippen molar-refractivity contribution < 1.29 is 9.21 Å². The minimum Gasteiger partial charge on any atom is -0.452 e. The van der Waals surface area contributed by atoms with Crippen LogP contribution >= 0.6 is 27.3 Å². The monoisotopic (exact) mass is 425 g/mol. The molecule has 0 atom stereocenters. The van der Waals surface area contributed by atoms with Gasteiger partial charge in [-0.05, 0) is 36.4 Å². The van der Waals surface area contributed by atoms with Crippen LogP contribution in [0.1, 0.15) is 15.6 Å². The first-order chi connectivity index (χ1) is 12.6. The van der Waals surface area contributed by atoms with Gasteiger partial charge in [-0.3, -0.25) is 9.59 Å². The second-order valence-corrected chi connectivity index (χ2v) is 7.53. The number of nitrogens with zero attached hydrogens (tertiary/aromatic N) is 3. The molecule has 0 amide bonds. The van der Waals surface area contributed by atoms with Gasteiger partial charge in [-0.1, -0.05) is 39.4 Å². The predicted molar refractivity (Wildman–Crippen MR) is 102 cm³/mol. The number of halogens is 1. The van der Waals surface area contributed by atoms with Gasteiger partial charge in [-0.15, -0.1) is 0 Å². The van der Waals surface area contributed by atoms with E-state index in [1.807, 2.05) is 18.2 Å². The number of para-hydroxylation sites is 1. The van der Waals surface area contributed by atoms with E-state index in [1.54, 1.807) is 30.3 Å². The first kappa shape index (κ1) is 15.4. The predicted octanol–water partition coefficient (Wildman–Crippen LogP) is 4.04. The molecule has 6 nitrogen and oxygen atoms in total. The number of rotatable bonds is 2. The lowest BCUT2D eigenvalue weighted by Gasteiger charge is -1.97. The van der Waals surface area contributed by atoms with E-state index in [9.17, 15) is 9.59 Å². The van der Waals surface area contributed by atoms with Crippen molar-refractivity contribution >= 4 is 59.9 Å². The Kier molecular flexibility index (Phi) is 3.31. The molecule has 0 aliphatic heterocycles. The fraction of sp³-hybridized carbons (Fsp3) is 0. The molecule has 0 spiro atoms. The number of ketones is 1. The zero-order chi connectivity index (χ0) is 17.8. The fourth-order valence-electron chi connectivity index (χ4n) is 2.82. The molecular formula is C18H8BrN3O3S. The molecule has 0 aliphatic rings. The van der Waals surface area contributed by atoms with Gasteiger partial charge in [0, 0.05) is 9.86 Å². The number of aromatic nitrogens is 3. The highest BCUT2D eigenvalue weighted by molar-refractivity contribution is 9.10. The van der Waals surface area contributed by atoms with E-state index in [1.165, 1.54) is 4.52 Å². The highest BCUT2D eigenvalue weighted by Crippen LogP contribution is 2.26. The van der Waals surface area contributed by atoms with E-state index in [4.69, 9.17) is 4.42 Å². The molecule has 26 heavy (non-hydrogen) atoms. The van der Waals surface area contributed by atoms with Crippen LogP contribution in [0.25, 0.3) is 26.8 Å². The van der Waals surface area contributed by atoms with Gasteiger partial charge in [-0.25, -0.2) is 4.52 Å². The maximum absolute atomic E-state index is 12.8. The number of carbonyl (C=O) groups is 1. The Labute approximate surface area is 157 Å². The summed E-state index contributed by atoms with van der Waals surface area (Å²) < 4.78 is 8.07. The Morgan fingerprint density at radius 3 is 2.88 bits per heavy atom. The highest BCUT2D eigenvalue weighted by Gasteiger charge is 2.21. The van der Waals surface area contributed by atoms with Gasteiger partial charge < -0.3 is 4.42 Å². The molecule has 0 fully saturated rings.